The van der Waals surface area contributed by atoms with Gasteiger partial charge in [0.05, 0.1) is 17.9 Å². The first-order chi connectivity index (χ1) is 12.2. The smallest absolute Gasteiger partial charge is 0.135 e. The Morgan fingerprint density at radius 2 is 2.00 bits per heavy atom. The molecule has 1 aliphatic heterocycles. The molecule has 0 saturated heterocycles. The van der Waals surface area contributed by atoms with E-state index < -0.39 is 0 Å². The summed E-state index contributed by atoms with van der Waals surface area (Å²) in [6.07, 6.45) is 2.50. The molecule has 0 spiro atoms. The summed E-state index contributed by atoms with van der Waals surface area (Å²) in [5, 5.41) is 0.604. The maximum Gasteiger partial charge on any atom is 0.135 e. The van der Waals surface area contributed by atoms with Gasteiger partial charge in [-0.3, -0.25) is 9.56 Å². The highest BCUT2D eigenvalue weighted by Crippen LogP contribution is 2.29. The second-order valence-electron chi connectivity index (χ2n) is 5.85. The van der Waals surface area contributed by atoms with Crippen molar-refractivity contribution in [3.8, 4) is 5.69 Å². The Labute approximate surface area is 149 Å². The monoisotopic (exact) mass is 354 g/mol. The second-order valence-corrected chi connectivity index (χ2v) is 6.28. The van der Waals surface area contributed by atoms with Gasteiger partial charge in [-0.25, -0.2) is 9.37 Å². The van der Waals surface area contributed by atoms with Crippen LogP contribution in [0.1, 0.15) is 22.6 Å². The van der Waals surface area contributed by atoms with E-state index in [4.69, 9.17) is 17.3 Å². The van der Waals surface area contributed by atoms with Crippen LogP contribution in [0.4, 0.5) is 4.39 Å². The lowest BCUT2D eigenvalue weighted by Crippen LogP contribution is -2.12. The van der Waals surface area contributed by atoms with Crippen LogP contribution in [0, 0.1) is 5.82 Å². The summed E-state index contributed by atoms with van der Waals surface area (Å²) in [5.74, 6) is 0.488. The van der Waals surface area contributed by atoms with Crippen LogP contribution < -0.4 is 5.73 Å². The van der Waals surface area contributed by atoms with Crippen LogP contribution in [0.5, 0.6) is 0 Å². The van der Waals surface area contributed by atoms with Gasteiger partial charge in [-0.1, -0.05) is 23.7 Å². The van der Waals surface area contributed by atoms with Crippen LogP contribution in [-0.4, -0.2) is 21.8 Å². The van der Waals surface area contributed by atoms with Crippen LogP contribution in [0.3, 0.4) is 0 Å². The van der Waals surface area contributed by atoms with Gasteiger partial charge in [-0.2, -0.15) is 0 Å². The number of rotatable bonds is 3. The summed E-state index contributed by atoms with van der Waals surface area (Å²) in [4.78, 5) is 9.14. The minimum absolute atomic E-state index is 0.302. The van der Waals surface area contributed by atoms with Crippen molar-refractivity contribution in [2.75, 3.05) is 6.54 Å². The number of nitrogens with two attached hydrogens (primary N) is 1. The normalized spacial score (nSPS) is 13.0. The molecule has 3 aromatic rings. The van der Waals surface area contributed by atoms with E-state index in [1.807, 2.05) is 22.9 Å². The van der Waals surface area contributed by atoms with E-state index in [-0.39, 0.29) is 5.82 Å². The maximum atomic E-state index is 14.4. The van der Waals surface area contributed by atoms with Crippen molar-refractivity contribution in [1.29, 1.82) is 0 Å². The van der Waals surface area contributed by atoms with Crippen molar-refractivity contribution >= 4 is 17.3 Å². The fourth-order valence-electron chi connectivity index (χ4n) is 3.17. The third-order valence-electron chi connectivity index (χ3n) is 4.27. The minimum atomic E-state index is -0.302. The van der Waals surface area contributed by atoms with Crippen molar-refractivity contribution in [3.05, 3.63) is 82.1 Å². The van der Waals surface area contributed by atoms with Crippen molar-refractivity contribution < 1.29 is 4.39 Å². The molecular weight excluding hydrogens is 339 g/mol. The topological polar surface area (TPSA) is 56.2 Å². The van der Waals surface area contributed by atoms with E-state index in [1.54, 1.807) is 24.3 Å². The number of nitrogens with zero attached hydrogens (tertiary/aromatic N) is 3. The first kappa shape index (κ1) is 16.0. The fourth-order valence-corrected chi connectivity index (χ4v) is 3.33. The molecule has 2 N–H and O–H groups in total. The van der Waals surface area contributed by atoms with Crippen LogP contribution in [0.2, 0.25) is 5.02 Å². The van der Waals surface area contributed by atoms with Crippen molar-refractivity contribution in [2.24, 2.45) is 10.7 Å². The van der Waals surface area contributed by atoms with Crippen LogP contribution in [0.25, 0.3) is 5.69 Å². The fraction of sp³-hybridized carbons (Fsp3) is 0.158. The Hall–Kier alpha value is -2.50. The molecule has 0 unspecified atom stereocenters. The summed E-state index contributed by atoms with van der Waals surface area (Å²) < 4.78 is 16.4. The molecule has 0 radical (unpaired) electrons. The predicted octanol–water partition coefficient (Wildman–Crippen LogP) is 3.52. The Morgan fingerprint density at radius 1 is 1.16 bits per heavy atom. The van der Waals surface area contributed by atoms with Crippen LogP contribution in [-0.2, 0) is 13.0 Å². The molecule has 0 saturated carbocycles. The number of hydrogen-bond acceptors (Lipinski definition) is 3. The van der Waals surface area contributed by atoms with E-state index in [9.17, 15) is 4.39 Å². The third-order valence-corrected chi connectivity index (χ3v) is 4.51. The molecular formula is C19H16ClFN4. The van der Waals surface area contributed by atoms with Gasteiger partial charge in [0.2, 0.25) is 0 Å². The van der Waals surface area contributed by atoms with E-state index in [1.165, 1.54) is 6.07 Å². The van der Waals surface area contributed by atoms with E-state index >= 15 is 0 Å². The Morgan fingerprint density at radius 3 is 2.80 bits per heavy atom. The number of halogens is 2. The SMILES string of the molecule is NCCc1cnc2n1-c1cc(Cl)ccc1C(c1ccccc1F)=NC2. The quantitative estimate of drug-likeness (QED) is 0.782. The first-order valence-corrected chi connectivity index (χ1v) is 8.42. The zero-order valence-electron chi connectivity index (χ0n) is 13.4. The molecule has 1 aromatic heterocycles. The number of aromatic nitrogens is 2. The van der Waals surface area contributed by atoms with Crippen molar-refractivity contribution in [1.82, 2.24) is 9.55 Å². The van der Waals surface area contributed by atoms with Gasteiger partial charge in [0.25, 0.3) is 0 Å². The third kappa shape index (κ3) is 2.75. The number of hydrogen-bond donors (Lipinski definition) is 1. The summed E-state index contributed by atoms with van der Waals surface area (Å²) >= 11 is 6.25. The molecule has 2 heterocycles. The number of fused-ring (bicyclic) bond motifs is 3. The van der Waals surface area contributed by atoms with E-state index in [0.29, 0.717) is 35.8 Å². The lowest BCUT2D eigenvalue weighted by atomic mass is 10.00. The number of imidazole rings is 1. The molecule has 0 aliphatic carbocycles. The average molecular weight is 355 g/mol. The summed E-state index contributed by atoms with van der Waals surface area (Å²) in [5.41, 5.74) is 9.48. The second kappa shape index (κ2) is 6.43. The average Bonchev–Trinajstić information content (AvgIpc) is 2.93. The first-order valence-electron chi connectivity index (χ1n) is 8.04. The Bertz CT molecular complexity index is 977. The molecule has 0 atom stereocenters. The molecule has 126 valence electrons. The molecule has 1 aliphatic rings. The lowest BCUT2D eigenvalue weighted by Gasteiger charge is -2.15. The molecule has 25 heavy (non-hydrogen) atoms. The van der Waals surface area contributed by atoms with Crippen LogP contribution in [0.15, 0.2) is 53.7 Å². The molecule has 0 bridgehead atoms. The lowest BCUT2D eigenvalue weighted by molar-refractivity contribution is 0.625. The standard InChI is InChI=1S/C19H16ClFN4/c20-12-5-6-15-17(9-12)25-13(7-8-22)10-23-18(25)11-24-19(15)14-3-1-2-4-16(14)21/h1-6,9-10H,7-8,11,22H2. The van der Waals surface area contributed by atoms with Gasteiger partial charge in [0, 0.05) is 34.5 Å². The predicted molar refractivity (Wildman–Crippen MR) is 97.1 cm³/mol. The van der Waals surface area contributed by atoms with Gasteiger partial charge in [0.15, 0.2) is 0 Å². The molecule has 0 amide bonds. The summed E-state index contributed by atoms with van der Waals surface area (Å²) in [6.45, 7) is 0.878. The molecule has 2 aromatic carbocycles. The number of benzene rings is 2. The van der Waals surface area contributed by atoms with Gasteiger partial charge in [0.1, 0.15) is 11.6 Å². The molecule has 6 heteroatoms. The van der Waals surface area contributed by atoms with E-state index in [0.717, 1.165) is 22.8 Å². The Balaban J connectivity index is 1.97. The van der Waals surface area contributed by atoms with E-state index in [2.05, 4.69) is 9.98 Å². The largest absolute Gasteiger partial charge is 0.330 e. The highest BCUT2D eigenvalue weighted by atomic mass is 35.5. The van der Waals surface area contributed by atoms with Gasteiger partial charge >= 0.3 is 0 Å². The Kier molecular flexibility index (Phi) is 4.11. The zero-order chi connectivity index (χ0) is 17.4. The number of aliphatic imine (C=N–C) groups is 1. The minimum Gasteiger partial charge on any atom is -0.330 e. The van der Waals surface area contributed by atoms with Gasteiger partial charge < -0.3 is 5.73 Å². The zero-order valence-corrected chi connectivity index (χ0v) is 14.2. The molecule has 0 fully saturated rings. The van der Waals surface area contributed by atoms with Gasteiger partial charge in [-0.05, 0) is 36.9 Å². The van der Waals surface area contributed by atoms with Crippen molar-refractivity contribution in [2.45, 2.75) is 13.0 Å². The summed E-state index contributed by atoms with van der Waals surface area (Å²) in [6, 6.07) is 12.2. The maximum absolute atomic E-state index is 14.4. The van der Waals surface area contributed by atoms with Gasteiger partial charge in [-0.15, -0.1) is 0 Å². The highest BCUT2D eigenvalue weighted by Gasteiger charge is 2.23. The molecule has 4 nitrogen and oxygen atoms in total. The van der Waals surface area contributed by atoms with Crippen molar-refractivity contribution in [3.63, 3.8) is 0 Å². The summed E-state index contributed by atoms with van der Waals surface area (Å²) in [7, 11) is 0. The van der Waals surface area contributed by atoms with Crippen LogP contribution >= 0.6 is 11.6 Å². The molecule has 4 rings (SSSR count). The highest BCUT2D eigenvalue weighted by molar-refractivity contribution is 6.31.